The number of amides is 1. The zero-order chi connectivity index (χ0) is 13.8. The molecule has 1 heterocycles. The molecule has 0 saturated carbocycles. The van der Waals surface area contributed by atoms with Crippen LogP contribution in [0.4, 0.5) is 0 Å². The van der Waals surface area contributed by atoms with Crippen molar-refractivity contribution in [3.05, 3.63) is 0 Å². The van der Waals surface area contributed by atoms with Crippen molar-refractivity contribution < 1.29 is 9.90 Å². The lowest BCUT2D eigenvalue weighted by Gasteiger charge is -2.34. The second kappa shape index (κ2) is 6.53. The minimum absolute atomic E-state index is 0.0323. The Balaban J connectivity index is 2.61. The maximum Gasteiger partial charge on any atom is 0.239 e. The standard InChI is InChI=1S/C14H28N2O2/c1-5-14(6-2,10-17)9-16-8-7-12(13(16)18)15-11(3)4/h11-12,15,17H,5-10H2,1-4H3. The predicted molar refractivity (Wildman–Crippen MR) is 73.4 cm³/mol. The maximum absolute atomic E-state index is 12.2. The molecule has 0 aliphatic carbocycles. The van der Waals surface area contributed by atoms with Crippen LogP contribution < -0.4 is 5.32 Å². The van der Waals surface area contributed by atoms with Crippen molar-refractivity contribution in [3.8, 4) is 0 Å². The molecule has 4 nitrogen and oxygen atoms in total. The molecular weight excluding hydrogens is 228 g/mol. The molecule has 1 saturated heterocycles. The lowest BCUT2D eigenvalue weighted by molar-refractivity contribution is -0.131. The molecule has 18 heavy (non-hydrogen) atoms. The first kappa shape index (κ1) is 15.4. The number of hydrogen-bond donors (Lipinski definition) is 2. The SMILES string of the molecule is CCC(CC)(CO)CN1CCC(NC(C)C)C1=O. The van der Waals surface area contributed by atoms with E-state index < -0.39 is 0 Å². The third kappa shape index (κ3) is 3.45. The second-order valence-corrected chi connectivity index (χ2v) is 5.79. The molecule has 106 valence electrons. The first-order valence-corrected chi connectivity index (χ1v) is 7.13. The summed E-state index contributed by atoms with van der Waals surface area (Å²) < 4.78 is 0. The lowest BCUT2D eigenvalue weighted by Crippen LogP contribution is -2.45. The highest BCUT2D eigenvalue weighted by molar-refractivity contribution is 5.84. The van der Waals surface area contributed by atoms with E-state index in [4.69, 9.17) is 0 Å². The predicted octanol–water partition coefficient (Wildman–Crippen LogP) is 1.38. The number of rotatable bonds is 7. The van der Waals surface area contributed by atoms with Crippen molar-refractivity contribution in [2.75, 3.05) is 19.7 Å². The molecule has 4 heteroatoms. The van der Waals surface area contributed by atoms with E-state index >= 15 is 0 Å². The third-order valence-corrected chi connectivity index (χ3v) is 4.19. The zero-order valence-electron chi connectivity index (χ0n) is 12.2. The number of nitrogens with zero attached hydrogens (tertiary/aromatic N) is 1. The number of likely N-dealkylation sites (tertiary alicyclic amines) is 1. The molecule has 2 N–H and O–H groups in total. The molecular formula is C14H28N2O2. The fourth-order valence-electron chi connectivity index (χ4n) is 2.61. The molecule has 1 atom stereocenters. The summed E-state index contributed by atoms with van der Waals surface area (Å²) in [5.74, 6) is 0.198. The number of carbonyl (C=O) groups is 1. The number of aliphatic hydroxyl groups excluding tert-OH is 1. The summed E-state index contributed by atoms with van der Waals surface area (Å²) >= 11 is 0. The Morgan fingerprint density at radius 3 is 2.50 bits per heavy atom. The van der Waals surface area contributed by atoms with Crippen LogP contribution in [0.25, 0.3) is 0 Å². The summed E-state index contributed by atoms with van der Waals surface area (Å²) in [5, 5.41) is 12.9. The molecule has 0 aromatic heterocycles. The quantitative estimate of drug-likeness (QED) is 0.723. The van der Waals surface area contributed by atoms with E-state index in [1.807, 2.05) is 4.90 Å². The number of hydrogen-bond acceptors (Lipinski definition) is 3. The molecule has 1 rings (SSSR count). The molecule has 0 spiro atoms. The fraction of sp³-hybridized carbons (Fsp3) is 0.929. The Morgan fingerprint density at radius 1 is 1.44 bits per heavy atom. The van der Waals surface area contributed by atoms with Gasteiger partial charge in [0, 0.05) is 24.5 Å². The third-order valence-electron chi connectivity index (χ3n) is 4.19. The van der Waals surface area contributed by atoms with Gasteiger partial charge in [-0.3, -0.25) is 4.79 Å². The fourth-order valence-corrected chi connectivity index (χ4v) is 2.61. The monoisotopic (exact) mass is 256 g/mol. The smallest absolute Gasteiger partial charge is 0.239 e. The van der Waals surface area contributed by atoms with Crippen LogP contribution in [0.5, 0.6) is 0 Å². The van der Waals surface area contributed by atoms with Crippen molar-refractivity contribution in [1.82, 2.24) is 10.2 Å². The molecule has 1 unspecified atom stereocenters. The summed E-state index contributed by atoms with van der Waals surface area (Å²) in [6, 6.07) is 0.300. The molecule has 1 fully saturated rings. The maximum atomic E-state index is 12.2. The van der Waals surface area contributed by atoms with Gasteiger partial charge in [-0.25, -0.2) is 0 Å². The molecule has 0 aromatic rings. The van der Waals surface area contributed by atoms with E-state index in [0.29, 0.717) is 12.6 Å². The van der Waals surface area contributed by atoms with E-state index in [0.717, 1.165) is 25.8 Å². The molecule has 0 radical (unpaired) electrons. The van der Waals surface area contributed by atoms with Crippen LogP contribution in [0.15, 0.2) is 0 Å². The van der Waals surface area contributed by atoms with E-state index in [2.05, 4.69) is 33.0 Å². The van der Waals surface area contributed by atoms with Crippen LogP contribution in [0.1, 0.15) is 47.0 Å². The van der Waals surface area contributed by atoms with Gasteiger partial charge in [0.15, 0.2) is 0 Å². The van der Waals surface area contributed by atoms with Crippen LogP contribution in [0, 0.1) is 5.41 Å². The highest BCUT2D eigenvalue weighted by atomic mass is 16.3. The average molecular weight is 256 g/mol. The Labute approximate surface area is 111 Å². The molecule has 1 aliphatic heterocycles. The van der Waals surface area contributed by atoms with E-state index in [1.54, 1.807) is 0 Å². The number of carbonyl (C=O) groups excluding carboxylic acids is 1. The summed E-state index contributed by atoms with van der Waals surface area (Å²) in [4.78, 5) is 14.2. The van der Waals surface area contributed by atoms with E-state index in [9.17, 15) is 9.90 Å². The topological polar surface area (TPSA) is 52.6 Å². The van der Waals surface area contributed by atoms with Crippen molar-refractivity contribution in [3.63, 3.8) is 0 Å². The summed E-state index contributed by atoms with van der Waals surface area (Å²) in [7, 11) is 0. The van der Waals surface area contributed by atoms with Crippen molar-refractivity contribution in [2.24, 2.45) is 5.41 Å². The van der Waals surface area contributed by atoms with E-state index in [1.165, 1.54) is 0 Å². The normalized spacial score (nSPS) is 21.1. The first-order valence-electron chi connectivity index (χ1n) is 7.13. The van der Waals surface area contributed by atoms with Crippen LogP contribution in [0.2, 0.25) is 0 Å². The summed E-state index contributed by atoms with van der Waals surface area (Å²) in [6.45, 7) is 9.95. The Bertz CT molecular complexity index is 267. The van der Waals surface area contributed by atoms with Crippen molar-refractivity contribution in [1.29, 1.82) is 0 Å². The highest BCUT2D eigenvalue weighted by Crippen LogP contribution is 2.28. The highest BCUT2D eigenvalue weighted by Gasteiger charge is 2.36. The molecule has 0 bridgehead atoms. The van der Waals surface area contributed by atoms with Gasteiger partial charge in [0.1, 0.15) is 0 Å². The Morgan fingerprint density at radius 2 is 2.06 bits per heavy atom. The van der Waals surface area contributed by atoms with Crippen LogP contribution >= 0.6 is 0 Å². The summed E-state index contributed by atoms with van der Waals surface area (Å²) in [5.41, 5.74) is -0.123. The van der Waals surface area contributed by atoms with Gasteiger partial charge < -0.3 is 15.3 Å². The van der Waals surface area contributed by atoms with Crippen molar-refractivity contribution in [2.45, 2.75) is 59.0 Å². The van der Waals surface area contributed by atoms with Gasteiger partial charge in [-0.05, 0) is 19.3 Å². The zero-order valence-corrected chi connectivity index (χ0v) is 12.2. The van der Waals surface area contributed by atoms with E-state index in [-0.39, 0.29) is 24.0 Å². The Kier molecular flexibility index (Phi) is 5.60. The Hall–Kier alpha value is -0.610. The minimum Gasteiger partial charge on any atom is -0.396 e. The molecule has 1 amide bonds. The summed E-state index contributed by atoms with van der Waals surface area (Å²) in [6.07, 6.45) is 2.70. The van der Waals surface area contributed by atoms with Crippen LogP contribution in [0.3, 0.4) is 0 Å². The molecule has 0 aromatic carbocycles. The first-order chi connectivity index (χ1) is 8.48. The van der Waals surface area contributed by atoms with Gasteiger partial charge in [-0.15, -0.1) is 0 Å². The average Bonchev–Trinajstić information content (AvgIpc) is 2.68. The van der Waals surface area contributed by atoms with Crippen LogP contribution in [-0.4, -0.2) is 47.7 Å². The van der Waals surface area contributed by atoms with Gasteiger partial charge in [0.05, 0.1) is 12.6 Å². The minimum atomic E-state index is -0.123. The number of aliphatic hydroxyl groups is 1. The lowest BCUT2D eigenvalue weighted by atomic mass is 9.83. The van der Waals surface area contributed by atoms with Gasteiger partial charge in [0.2, 0.25) is 5.91 Å². The van der Waals surface area contributed by atoms with Gasteiger partial charge >= 0.3 is 0 Å². The largest absolute Gasteiger partial charge is 0.396 e. The van der Waals surface area contributed by atoms with Gasteiger partial charge in [0.25, 0.3) is 0 Å². The van der Waals surface area contributed by atoms with Crippen LogP contribution in [-0.2, 0) is 4.79 Å². The second-order valence-electron chi connectivity index (χ2n) is 5.79. The number of nitrogens with one attached hydrogen (secondary N) is 1. The van der Waals surface area contributed by atoms with Gasteiger partial charge in [-0.1, -0.05) is 27.7 Å². The van der Waals surface area contributed by atoms with Gasteiger partial charge in [-0.2, -0.15) is 0 Å². The molecule has 1 aliphatic rings. The van der Waals surface area contributed by atoms with Crippen molar-refractivity contribution >= 4 is 5.91 Å².